The van der Waals surface area contributed by atoms with E-state index >= 15 is 0 Å². The van der Waals surface area contributed by atoms with Crippen molar-refractivity contribution in [2.45, 2.75) is 25.8 Å². The summed E-state index contributed by atoms with van der Waals surface area (Å²) in [5, 5.41) is 5.33. The number of unbranched alkanes of at least 4 members (excludes halogenated alkanes) is 2. The minimum absolute atomic E-state index is 0.0577. The molecule has 0 aliphatic carbocycles. The van der Waals surface area contributed by atoms with Crippen molar-refractivity contribution in [3.05, 3.63) is 41.2 Å². The van der Waals surface area contributed by atoms with Crippen LogP contribution in [0.3, 0.4) is 0 Å². The molecule has 2 heterocycles. The van der Waals surface area contributed by atoms with Crippen LogP contribution in [-0.4, -0.2) is 24.7 Å². The van der Waals surface area contributed by atoms with Crippen LogP contribution >= 0.6 is 15.9 Å². The van der Waals surface area contributed by atoms with Crippen molar-refractivity contribution in [3.8, 4) is 5.82 Å². The molecule has 6 heteroatoms. The average Bonchev–Trinajstić information content (AvgIpc) is 2.90. The van der Waals surface area contributed by atoms with Gasteiger partial charge in [0.1, 0.15) is 6.33 Å². The molecule has 18 heavy (non-hydrogen) atoms. The molecule has 0 unspecified atom stereocenters. The van der Waals surface area contributed by atoms with Gasteiger partial charge in [0.15, 0.2) is 5.82 Å². The Morgan fingerprint density at radius 1 is 1.22 bits per heavy atom. The predicted molar refractivity (Wildman–Crippen MR) is 73.3 cm³/mol. The van der Waals surface area contributed by atoms with Gasteiger partial charge in [0.2, 0.25) is 0 Å². The molecule has 0 radical (unpaired) electrons. The van der Waals surface area contributed by atoms with Gasteiger partial charge in [-0.05, 0) is 18.9 Å². The lowest BCUT2D eigenvalue weighted by Crippen LogP contribution is -2.23. The number of rotatable bonds is 6. The molecule has 2 rings (SSSR count). The van der Waals surface area contributed by atoms with Crippen LogP contribution in [0.4, 0.5) is 0 Å². The molecule has 0 spiro atoms. The van der Waals surface area contributed by atoms with Gasteiger partial charge < -0.3 is 0 Å². The van der Waals surface area contributed by atoms with E-state index in [9.17, 15) is 4.79 Å². The zero-order valence-electron chi connectivity index (χ0n) is 10.00. The van der Waals surface area contributed by atoms with E-state index in [0.29, 0.717) is 12.4 Å². The molecule has 0 saturated carbocycles. The Kier molecular flexibility index (Phi) is 4.69. The molecule has 0 bridgehead atoms. The van der Waals surface area contributed by atoms with Crippen LogP contribution in [0.2, 0.25) is 0 Å². The van der Waals surface area contributed by atoms with Gasteiger partial charge in [0, 0.05) is 30.3 Å². The highest BCUT2D eigenvalue weighted by atomic mass is 79.9. The first-order valence-electron chi connectivity index (χ1n) is 5.94. The van der Waals surface area contributed by atoms with Gasteiger partial charge >= 0.3 is 0 Å². The Balaban J connectivity index is 2.10. The number of aryl methyl sites for hydroxylation is 1. The van der Waals surface area contributed by atoms with Crippen molar-refractivity contribution in [2.24, 2.45) is 0 Å². The van der Waals surface area contributed by atoms with Crippen molar-refractivity contribution in [3.63, 3.8) is 0 Å². The van der Waals surface area contributed by atoms with Crippen LogP contribution in [0.1, 0.15) is 19.3 Å². The van der Waals surface area contributed by atoms with Gasteiger partial charge in [-0.1, -0.05) is 22.4 Å². The molecule has 0 N–H and O–H groups in total. The highest BCUT2D eigenvalue weighted by Crippen LogP contribution is 2.02. The lowest BCUT2D eigenvalue weighted by molar-refractivity contribution is 0.525. The zero-order valence-corrected chi connectivity index (χ0v) is 11.6. The summed E-state index contributed by atoms with van der Waals surface area (Å²) in [6, 6.07) is 3.26. The molecule has 0 aliphatic rings. The smallest absolute Gasteiger partial charge is 0.266 e. The number of imidazole rings is 1. The number of halogens is 1. The number of alkyl halides is 1. The summed E-state index contributed by atoms with van der Waals surface area (Å²) >= 11 is 3.39. The number of aromatic nitrogens is 4. The fourth-order valence-corrected chi connectivity index (χ4v) is 2.06. The minimum atomic E-state index is -0.0577. The van der Waals surface area contributed by atoms with E-state index in [-0.39, 0.29) is 5.56 Å². The molecule has 0 atom stereocenters. The van der Waals surface area contributed by atoms with Crippen LogP contribution in [0.15, 0.2) is 35.6 Å². The van der Waals surface area contributed by atoms with Crippen molar-refractivity contribution in [2.75, 3.05) is 5.33 Å². The molecule has 0 fully saturated rings. The van der Waals surface area contributed by atoms with E-state index in [1.165, 1.54) is 4.68 Å². The first-order chi connectivity index (χ1) is 8.81. The third kappa shape index (κ3) is 3.29. The topological polar surface area (TPSA) is 52.7 Å². The van der Waals surface area contributed by atoms with Gasteiger partial charge in [-0.15, -0.1) is 0 Å². The molecule has 0 aliphatic heterocycles. The third-order valence-corrected chi connectivity index (χ3v) is 3.19. The normalized spacial score (nSPS) is 10.7. The minimum Gasteiger partial charge on any atom is -0.289 e. The van der Waals surface area contributed by atoms with Crippen LogP contribution in [0, 0.1) is 0 Å². The Hall–Kier alpha value is -1.43. The second kappa shape index (κ2) is 6.49. The fourth-order valence-electron chi connectivity index (χ4n) is 1.66. The number of nitrogens with zero attached hydrogens (tertiary/aromatic N) is 4. The van der Waals surface area contributed by atoms with E-state index in [1.807, 2.05) is 6.20 Å². The Morgan fingerprint density at radius 3 is 2.83 bits per heavy atom. The standard InChI is InChI=1S/C12H15BrN4O/c13-6-2-1-3-8-17-12(18)5-4-11(15-17)16-9-7-14-10-16/h4-5,7,9-10H,1-3,6,8H2. The number of hydrogen-bond acceptors (Lipinski definition) is 3. The molecule has 2 aromatic rings. The molecule has 0 amide bonds. The summed E-state index contributed by atoms with van der Waals surface area (Å²) in [4.78, 5) is 15.6. The van der Waals surface area contributed by atoms with Gasteiger partial charge in [-0.2, -0.15) is 5.10 Å². The Morgan fingerprint density at radius 2 is 2.11 bits per heavy atom. The predicted octanol–water partition coefficient (Wildman–Crippen LogP) is 1.99. The highest BCUT2D eigenvalue weighted by molar-refractivity contribution is 9.09. The van der Waals surface area contributed by atoms with E-state index < -0.39 is 0 Å². The lowest BCUT2D eigenvalue weighted by Gasteiger charge is -2.06. The van der Waals surface area contributed by atoms with E-state index in [1.54, 1.807) is 29.2 Å². The molecular weight excluding hydrogens is 296 g/mol. The average molecular weight is 311 g/mol. The van der Waals surface area contributed by atoms with Crippen molar-refractivity contribution in [1.82, 2.24) is 19.3 Å². The second-order valence-electron chi connectivity index (χ2n) is 3.97. The molecular formula is C12H15BrN4O. The fraction of sp³-hybridized carbons (Fsp3) is 0.417. The zero-order chi connectivity index (χ0) is 12.8. The maximum Gasteiger partial charge on any atom is 0.266 e. The highest BCUT2D eigenvalue weighted by Gasteiger charge is 2.02. The quantitative estimate of drug-likeness (QED) is 0.605. The van der Waals surface area contributed by atoms with Crippen LogP contribution in [0.5, 0.6) is 0 Å². The maximum atomic E-state index is 11.7. The second-order valence-corrected chi connectivity index (χ2v) is 4.77. The van der Waals surface area contributed by atoms with Gasteiger partial charge in [0.25, 0.3) is 5.56 Å². The van der Waals surface area contributed by atoms with E-state index in [2.05, 4.69) is 26.0 Å². The first kappa shape index (κ1) is 13.0. The summed E-state index contributed by atoms with van der Waals surface area (Å²) in [6.07, 6.45) is 8.34. The monoisotopic (exact) mass is 310 g/mol. The molecule has 2 aromatic heterocycles. The van der Waals surface area contributed by atoms with Crippen molar-refractivity contribution >= 4 is 15.9 Å². The Labute approximate surface area is 114 Å². The first-order valence-corrected chi connectivity index (χ1v) is 7.06. The van der Waals surface area contributed by atoms with Crippen molar-refractivity contribution < 1.29 is 0 Å². The van der Waals surface area contributed by atoms with Crippen LogP contribution < -0.4 is 5.56 Å². The summed E-state index contributed by atoms with van der Waals surface area (Å²) < 4.78 is 3.30. The number of hydrogen-bond donors (Lipinski definition) is 0. The van der Waals surface area contributed by atoms with E-state index in [4.69, 9.17) is 0 Å². The van der Waals surface area contributed by atoms with Gasteiger partial charge in [-0.3, -0.25) is 9.36 Å². The molecule has 0 saturated heterocycles. The van der Waals surface area contributed by atoms with Gasteiger partial charge in [-0.25, -0.2) is 9.67 Å². The van der Waals surface area contributed by atoms with Gasteiger partial charge in [0.05, 0.1) is 0 Å². The molecule has 96 valence electrons. The SMILES string of the molecule is O=c1ccc(-n2ccnc2)nn1CCCCCBr. The molecule has 0 aromatic carbocycles. The largest absolute Gasteiger partial charge is 0.289 e. The third-order valence-electron chi connectivity index (χ3n) is 2.63. The van der Waals surface area contributed by atoms with Crippen LogP contribution in [-0.2, 0) is 6.54 Å². The molecule has 5 nitrogen and oxygen atoms in total. The van der Waals surface area contributed by atoms with Crippen LogP contribution in [0.25, 0.3) is 5.82 Å². The summed E-state index contributed by atoms with van der Waals surface area (Å²) in [5.41, 5.74) is -0.0577. The van der Waals surface area contributed by atoms with Crippen molar-refractivity contribution in [1.29, 1.82) is 0 Å². The summed E-state index contributed by atoms with van der Waals surface area (Å²) in [6.45, 7) is 0.661. The Bertz CT molecular complexity index is 535. The maximum absolute atomic E-state index is 11.7. The lowest BCUT2D eigenvalue weighted by atomic mass is 10.2. The summed E-state index contributed by atoms with van der Waals surface area (Å²) in [5.74, 6) is 0.715. The summed E-state index contributed by atoms with van der Waals surface area (Å²) in [7, 11) is 0. The van der Waals surface area contributed by atoms with E-state index in [0.717, 1.165) is 24.6 Å².